The molecule has 1 heterocycles. The van der Waals surface area contributed by atoms with Crippen LogP contribution in [-0.2, 0) is 9.84 Å². The second-order valence-electron chi connectivity index (χ2n) is 7.81. The third-order valence-corrected chi connectivity index (χ3v) is 7.50. The Balaban J connectivity index is 1.53. The SMILES string of the molecule is N#Cc1ccc(NC(=O)N2CC(CCS(=O)(=O)c3ccccc3)C(c3ccc(Cl)cc3)=N2)cc1. The molecule has 0 saturated carbocycles. The van der Waals surface area contributed by atoms with Crippen LogP contribution in [0.2, 0.25) is 5.02 Å². The molecule has 9 heteroatoms. The summed E-state index contributed by atoms with van der Waals surface area (Å²) in [5, 5.41) is 18.1. The first-order valence-electron chi connectivity index (χ1n) is 10.6. The molecule has 0 spiro atoms. The lowest BCUT2D eigenvalue weighted by molar-refractivity contribution is 0.215. The number of nitriles is 1. The molecule has 0 radical (unpaired) electrons. The van der Waals surface area contributed by atoms with Crippen LogP contribution in [0.4, 0.5) is 10.5 Å². The number of hydrazone groups is 1. The monoisotopic (exact) mass is 492 g/mol. The van der Waals surface area contributed by atoms with Crippen molar-refractivity contribution in [2.24, 2.45) is 11.0 Å². The molecule has 0 aliphatic carbocycles. The van der Waals surface area contributed by atoms with Gasteiger partial charge in [0.25, 0.3) is 0 Å². The van der Waals surface area contributed by atoms with Crippen LogP contribution >= 0.6 is 11.6 Å². The van der Waals surface area contributed by atoms with E-state index in [0.717, 1.165) is 5.56 Å². The van der Waals surface area contributed by atoms with Gasteiger partial charge >= 0.3 is 6.03 Å². The molecule has 34 heavy (non-hydrogen) atoms. The molecule has 0 aromatic heterocycles. The predicted molar refractivity (Wildman–Crippen MR) is 131 cm³/mol. The van der Waals surface area contributed by atoms with Crippen molar-refractivity contribution < 1.29 is 13.2 Å². The van der Waals surface area contributed by atoms with Crippen LogP contribution in [0.5, 0.6) is 0 Å². The van der Waals surface area contributed by atoms with E-state index in [0.29, 0.717) is 28.4 Å². The Kier molecular flexibility index (Phi) is 6.96. The van der Waals surface area contributed by atoms with Crippen molar-refractivity contribution in [3.63, 3.8) is 0 Å². The fourth-order valence-corrected chi connectivity index (χ4v) is 5.21. The molecule has 1 aliphatic rings. The van der Waals surface area contributed by atoms with Gasteiger partial charge in [0.05, 0.1) is 34.5 Å². The molecule has 2 amide bonds. The van der Waals surface area contributed by atoms with Gasteiger partial charge in [-0.05, 0) is 60.5 Å². The zero-order valence-corrected chi connectivity index (χ0v) is 19.6. The number of halogens is 1. The summed E-state index contributed by atoms with van der Waals surface area (Å²) in [6.07, 6.45) is 0.305. The van der Waals surface area contributed by atoms with E-state index in [9.17, 15) is 13.2 Å². The maximum absolute atomic E-state index is 12.9. The lowest BCUT2D eigenvalue weighted by Gasteiger charge is -2.16. The molecule has 3 aromatic carbocycles. The van der Waals surface area contributed by atoms with Crippen molar-refractivity contribution in [1.29, 1.82) is 5.26 Å². The Bertz CT molecular complexity index is 1350. The minimum Gasteiger partial charge on any atom is -0.306 e. The number of rotatable bonds is 6. The summed E-state index contributed by atoms with van der Waals surface area (Å²) in [5.74, 6) is -0.342. The fraction of sp³-hybridized carbons (Fsp3) is 0.160. The number of amides is 2. The van der Waals surface area contributed by atoms with Gasteiger partial charge in [-0.1, -0.05) is 41.9 Å². The predicted octanol–water partition coefficient (Wildman–Crippen LogP) is 4.94. The number of nitrogens with zero attached hydrogens (tertiary/aromatic N) is 3. The molecule has 1 aliphatic heterocycles. The molecule has 3 aromatic rings. The summed E-state index contributed by atoms with van der Waals surface area (Å²) in [6.45, 7) is 0.240. The standard InChI is InChI=1S/C25H21ClN4O3S/c26-21-10-8-19(9-11-21)24-20(14-15-34(32,33)23-4-2-1-3-5-23)17-30(29-24)25(31)28-22-12-6-18(16-27)7-13-22/h1-13,20H,14-15,17H2,(H,28,31). The number of sulfone groups is 1. The zero-order valence-electron chi connectivity index (χ0n) is 18.1. The van der Waals surface area contributed by atoms with Crippen molar-refractivity contribution in [2.75, 3.05) is 17.6 Å². The van der Waals surface area contributed by atoms with Gasteiger partial charge in [0.2, 0.25) is 0 Å². The highest BCUT2D eigenvalue weighted by molar-refractivity contribution is 7.91. The van der Waals surface area contributed by atoms with E-state index < -0.39 is 15.9 Å². The second kappa shape index (κ2) is 10.1. The Morgan fingerprint density at radius 2 is 1.74 bits per heavy atom. The van der Waals surface area contributed by atoms with E-state index in [1.54, 1.807) is 66.7 Å². The lowest BCUT2D eigenvalue weighted by atomic mass is 9.95. The highest BCUT2D eigenvalue weighted by atomic mass is 35.5. The van der Waals surface area contributed by atoms with Crippen LogP contribution < -0.4 is 5.32 Å². The van der Waals surface area contributed by atoms with E-state index in [-0.39, 0.29) is 23.1 Å². The number of hydrogen-bond acceptors (Lipinski definition) is 5. The van der Waals surface area contributed by atoms with E-state index in [1.807, 2.05) is 18.2 Å². The van der Waals surface area contributed by atoms with Crippen molar-refractivity contribution in [3.8, 4) is 6.07 Å². The normalized spacial score (nSPS) is 15.5. The third kappa shape index (κ3) is 5.45. The fourth-order valence-electron chi connectivity index (χ4n) is 3.68. The Labute approximate surface area is 203 Å². The lowest BCUT2D eigenvalue weighted by Crippen LogP contribution is -2.31. The van der Waals surface area contributed by atoms with Crippen molar-refractivity contribution in [1.82, 2.24) is 5.01 Å². The van der Waals surface area contributed by atoms with Gasteiger partial charge in [-0.2, -0.15) is 10.4 Å². The van der Waals surface area contributed by atoms with Gasteiger partial charge in [-0.15, -0.1) is 0 Å². The van der Waals surface area contributed by atoms with E-state index in [1.165, 1.54) is 5.01 Å². The summed E-state index contributed by atoms with van der Waals surface area (Å²) >= 11 is 6.02. The van der Waals surface area contributed by atoms with Gasteiger partial charge in [0.15, 0.2) is 9.84 Å². The maximum atomic E-state index is 12.9. The highest BCUT2D eigenvalue weighted by Crippen LogP contribution is 2.26. The summed E-state index contributed by atoms with van der Waals surface area (Å²) < 4.78 is 25.6. The molecule has 172 valence electrons. The largest absolute Gasteiger partial charge is 0.342 e. The molecule has 1 N–H and O–H groups in total. The highest BCUT2D eigenvalue weighted by Gasteiger charge is 2.32. The molecule has 7 nitrogen and oxygen atoms in total. The van der Waals surface area contributed by atoms with Gasteiger partial charge < -0.3 is 5.32 Å². The number of carbonyl (C=O) groups is 1. The van der Waals surface area contributed by atoms with Crippen LogP contribution in [-0.4, -0.2) is 37.5 Å². The first kappa shape index (κ1) is 23.5. The molecule has 0 fully saturated rings. The van der Waals surface area contributed by atoms with Crippen LogP contribution in [0.3, 0.4) is 0 Å². The number of carbonyl (C=O) groups excluding carboxylic acids is 1. The molecule has 0 bridgehead atoms. The smallest absolute Gasteiger partial charge is 0.306 e. The number of anilines is 1. The summed E-state index contributed by atoms with van der Waals surface area (Å²) in [6, 6.07) is 23.5. The van der Waals surface area contributed by atoms with E-state index in [4.69, 9.17) is 16.9 Å². The first-order valence-corrected chi connectivity index (χ1v) is 12.6. The summed E-state index contributed by atoms with van der Waals surface area (Å²) in [7, 11) is -3.47. The quantitative estimate of drug-likeness (QED) is 0.526. The van der Waals surface area contributed by atoms with E-state index in [2.05, 4.69) is 10.4 Å². The number of urea groups is 1. The van der Waals surface area contributed by atoms with Crippen molar-refractivity contribution >= 4 is 38.9 Å². The average molecular weight is 493 g/mol. The Hall–Kier alpha value is -3.67. The first-order chi connectivity index (χ1) is 16.4. The maximum Gasteiger partial charge on any atom is 0.342 e. The molecule has 1 unspecified atom stereocenters. The number of hydrogen-bond donors (Lipinski definition) is 1. The Morgan fingerprint density at radius 3 is 2.38 bits per heavy atom. The van der Waals surface area contributed by atoms with Crippen LogP contribution in [0.15, 0.2) is 88.9 Å². The Morgan fingerprint density at radius 1 is 1.06 bits per heavy atom. The second-order valence-corrected chi connectivity index (χ2v) is 10.4. The molecule has 0 saturated heterocycles. The van der Waals surface area contributed by atoms with Crippen LogP contribution in [0.25, 0.3) is 0 Å². The zero-order chi connectivity index (χ0) is 24.1. The molecule has 4 rings (SSSR count). The summed E-state index contributed by atoms with van der Waals surface area (Å²) in [5.41, 5.74) is 2.43. The van der Waals surface area contributed by atoms with Crippen LogP contribution in [0.1, 0.15) is 17.5 Å². The van der Waals surface area contributed by atoms with Crippen molar-refractivity contribution in [3.05, 3.63) is 95.0 Å². The van der Waals surface area contributed by atoms with Gasteiger partial charge in [-0.3, -0.25) is 0 Å². The molecular weight excluding hydrogens is 472 g/mol. The molecular formula is C25H21ClN4O3S. The third-order valence-electron chi connectivity index (χ3n) is 5.49. The van der Waals surface area contributed by atoms with Gasteiger partial charge in [0, 0.05) is 16.6 Å². The van der Waals surface area contributed by atoms with Gasteiger partial charge in [0.1, 0.15) is 0 Å². The molecule has 1 atom stereocenters. The van der Waals surface area contributed by atoms with Crippen molar-refractivity contribution in [2.45, 2.75) is 11.3 Å². The minimum atomic E-state index is -3.47. The number of nitrogens with one attached hydrogen (secondary N) is 1. The average Bonchev–Trinajstić information content (AvgIpc) is 3.29. The van der Waals surface area contributed by atoms with Crippen LogP contribution in [0, 0.1) is 17.2 Å². The topological polar surface area (TPSA) is 103 Å². The van der Waals surface area contributed by atoms with Gasteiger partial charge in [-0.25, -0.2) is 18.2 Å². The van der Waals surface area contributed by atoms with E-state index >= 15 is 0 Å². The number of benzene rings is 3. The minimum absolute atomic E-state index is 0.0701. The summed E-state index contributed by atoms with van der Waals surface area (Å²) in [4.78, 5) is 13.1.